The lowest BCUT2D eigenvalue weighted by atomic mass is 10.1. The van der Waals surface area contributed by atoms with Crippen LogP contribution in [0.25, 0.3) is 15.9 Å². The van der Waals surface area contributed by atoms with Crippen molar-refractivity contribution in [3.63, 3.8) is 0 Å². The number of hydrogen-bond donors (Lipinski definition) is 1. The van der Waals surface area contributed by atoms with Gasteiger partial charge < -0.3 is 5.32 Å². The topological polar surface area (TPSA) is 72.7 Å². The van der Waals surface area contributed by atoms with E-state index in [2.05, 4.69) is 20.5 Å². The molecule has 0 saturated carbocycles. The van der Waals surface area contributed by atoms with Gasteiger partial charge in [-0.2, -0.15) is 0 Å². The second kappa shape index (κ2) is 5.62. The summed E-state index contributed by atoms with van der Waals surface area (Å²) in [6.45, 7) is 0. The van der Waals surface area contributed by atoms with Crippen molar-refractivity contribution in [2.24, 2.45) is 0 Å². The van der Waals surface area contributed by atoms with E-state index in [1.54, 1.807) is 40.1 Å². The molecule has 23 heavy (non-hydrogen) atoms. The van der Waals surface area contributed by atoms with E-state index in [-0.39, 0.29) is 5.91 Å². The van der Waals surface area contributed by atoms with Crippen molar-refractivity contribution in [1.82, 2.24) is 19.7 Å². The molecule has 0 unspecified atom stereocenters. The summed E-state index contributed by atoms with van der Waals surface area (Å²) in [7, 11) is 0. The molecule has 1 amide bonds. The van der Waals surface area contributed by atoms with E-state index in [4.69, 9.17) is 0 Å². The normalized spacial score (nSPS) is 10.8. The van der Waals surface area contributed by atoms with Crippen molar-refractivity contribution in [1.29, 1.82) is 0 Å². The molecule has 0 aliphatic carbocycles. The molecule has 0 radical (unpaired) electrons. The molecule has 112 valence electrons. The number of amides is 1. The monoisotopic (exact) mass is 321 g/mol. The Kier molecular flexibility index (Phi) is 3.32. The molecule has 4 rings (SSSR count). The van der Waals surface area contributed by atoms with E-state index < -0.39 is 0 Å². The van der Waals surface area contributed by atoms with Crippen LogP contribution in [0.3, 0.4) is 0 Å². The number of carbonyl (C=O) groups is 1. The summed E-state index contributed by atoms with van der Waals surface area (Å²) >= 11 is 1.57. The summed E-state index contributed by atoms with van der Waals surface area (Å²) in [5.74, 6) is -0.191. The molecular weight excluding hydrogens is 310 g/mol. The van der Waals surface area contributed by atoms with Gasteiger partial charge in [0.15, 0.2) is 0 Å². The number of rotatable bonds is 3. The Morgan fingerprint density at radius 3 is 2.78 bits per heavy atom. The van der Waals surface area contributed by atoms with E-state index in [0.29, 0.717) is 11.3 Å². The van der Waals surface area contributed by atoms with Crippen molar-refractivity contribution >= 4 is 33.1 Å². The number of thiazole rings is 1. The van der Waals surface area contributed by atoms with Gasteiger partial charge in [-0.15, -0.1) is 21.5 Å². The van der Waals surface area contributed by atoms with Gasteiger partial charge in [0.25, 0.3) is 5.91 Å². The molecule has 0 bridgehead atoms. The van der Waals surface area contributed by atoms with Gasteiger partial charge in [0, 0.05) is 5.69 Å². The SMILES string of the molecule is O=C(Nc1ccc2scnc2c1)c1ccccc1-n1cnnc1. The smallest absolute Gasteiger partial charge is 0.257 e. The fraction of sp³-hybridized carbons (Fsp3) is 0. The number of fused-ring (bicyclic) bond motifs is 1. The number of nitrogens with zero attached hydrogens (tertiary/aromatic N) is 4. The lowest BCUT2D eigenvalue weighted by Crippen LogP contribution is -2.14. The minimum atomic E-state index is -0.191. The maximum Gasteiger partial charge on any atom is 0.257 e. The highest BCUT2D eigenvalue weighted by atomic mass is 32.1. The third kappa shape index (κ3) is 2.58. The molecular formula is C16H11N5OS. The minimum absolute atomic E-state index is 0.191. The number of para-hydroxylation sites is 1. The van der Waals surface area contributed by atoms with E-state index in [0.717, 1.165) is 15.9 Å². The molecule has 7 heteroatoms. The van der Waals surface area contributed by atoms with Crippen molar-refractivity contribution in [3.05, 3.63) is 66.2 Å². The van der Waals surface area contributed by atoms with Crippen LogP contribution in [0.4, 0.5) is 5.69 Å². The lowest BCUT2D eigenvalue weighted by molar-refractivity contribution is 0.102. The fourth-order valence-corrected chi connectivity index (χ4v) is 3.01. The highest BCUT2D eigenvalue weighted by Crippen LogP contribution is 2.22. The second-order valence-corrected chi connectivity index (χ2v) is 5.76. The summed E-state index contributed by atoms with van der Waals surface area (Å²) in [6.07, 6.45) is 3.13. The Morgan fingerprint density at radius 2 is 1.91 bits per heavy atom. The molecule has 0 fully saturated rings. The van der Waals surface area contributed by atoms with Gasteiger partial charge in [-0.05, 0) is 30.3 Å². The highest BCUT2D eigenvalue weighted by molar-refractivity contribution is 7.16. The average molecular weight is 321 g/mol. The molecule has 0 saturated heterocycles. The van der Waals surface area contributed by atoms with Crippen molar-refractivity contribution in [2.45, 2.75) is 0 Å². The Hall–Kier alpha value is -3.06. The van der Waals surface area contributed by atoms with E-state index >= 15 is 0 Å². The molecule has 2 aromatic carbocycles. The summed E-state index contributed by atoms with van der Waals surface area (Å²) in [5, 5.41) is 10.5. The Balaban J connectivity index is 1.67. The quantitative estimate of drug-likeness (QED) is 0.629. The first-order chi connectivity index (χ1) is 11.3. The predicted molar refractivity (Wildman–Crippen MR) is 88.9 cm³/mol. The first-order valence-corrected chi connectivity index (χ1v) is 7.78. The van der Waals surface area contributed by atoms with Gasteiger partial charge in [-0.1, -0.05) is 12.1 Å². The number of aromatic nitrogens is 4. The summed E-state index contributed by atoms with van der Waals surface area (Å²) < 4.78 is 2.80. The van der Waals surface area contributed by atoms with Crippen LogP contribution in [0.2, 0.25) is 0 Å². The zero-order valence-electron chi connectivity index (χ0n) is 11.9. The molecule has 0 spiro atoms. The molecule has 0 aliphatic rings. The van der Waals surface area contributed by atoms with Crippen LogP contribution in [-0.4, -0.2) is 25.7 Å². The van der Waals surface area contributed by atoms with Gasteiger partial charge >= 0.3 is 0 Å². The van der Waals surface area contributed by atoms with Gasteiger partial charge in [0.2, 0.25) is 0 Å². The molecule has 2 aromatic heterocycles. The third-order valence-electron chi connectivity index (χ3n) is 3.43. The zero-order valence-corrected chi connectivity index (χ0v) is 12.7. The van der Waals surface area contributed by atoms with Gasteiger partial charge in [0.05, 0.1) is 27.0 Å². The Bertz CT molecular complexity index is 977. The van der Waals surface area contributed by atoms with Crippen LogP contribution in [0.15, 0.2) is 60.6 Å². The van der Waals surface area contributed by atoms with Gasteiger partial charge in [-0.3, -0.25) is 9.36 Å². The fourth-order valence-electron chi connectivity index (χ4n) is 2.35. The van der Waals surface area contributed by atoms with Crippen LogP contribution in [0, 0.1) is 0 Å². The number of benzene rings is 2. The lowest BCUT2D eigenvalue weighted by Gasteiger charge is -2.10. The number of carbonyl (C=O) groups excluding carboxylic acids is 1. The predicted octanol–water partition coefficient (Wildman–Crippen LogP) is 3.13. The van der Waals surface area contributed by atoms with Crippen molar-refractivity contribution in [3.8, 4) is 5.69 Å². The molecule has 2 heterocycles. The standard InChI is InChI=1S/C16H11N5OS/c22-16(20-11-5-6-15-13(7-11)17-10-23-15)12-3-1-2-4-14(12)21-8-18-19-9-21/h1-10H,(H,20,22). The highest BCUT2D eigenvalue weighted by Gasteiger charge is 2.13. The van der Waals surface area contributed by atoms with E-state index in [9.17, 15) is 4.79 Å². The minimum Gasteiger partial charge on any atom is -0.322 e. The summed E-state index contributed by atoms with van der Waals surface area (Å²) in [5.41, 5.74) is 4.65. The maximum atomic E-state index is 12.6. The first-order valence-electron chi connectivity index (χ1n) is 6.90. The Morgan fingerprint density at radius 1 is 1.09 bits per heavy atom. The summed E-state index contributed by atoms with van der Waals surface area (Å²) in [6, 6.07) is 13.0. The summed E-state index contributed by atoms with van der Waals surface area (Å²) in [4.78, 5) is 16.9. The molecule has 0 aliphatic heterocycles. The van der Waals surface area contributed by atoms with E-state index in [1.165, 1.54) is 0 Å². The largest absolute Gasteiger partial charge is 0.322 e. The van der Waals surface area contributed by atoms with Crippen LogP contribution in [0.5, 0.6) is 0 Å². The van der Waals surface area contributed by atoms with Crippen molar-refractivity contribution in [2.75, 3.05) is 5.32 Å². The van der Waals surface area contributed by atoms with Crippen LogP contribution >= 0.6 is 11.3 Å². The van der Waals surface area contributed by atoms with Crippen LogP contribution in [0.1, 0.15) is 10.4 Å². The molecule has 4 aromatic rings. The second-order valence-electron chi connectivity index (χ2n) is 4.88. The number of nitrogens with one attached hydrogen (secondary N) is 1. The number of hydrogen-bond acceptors (Lipinski definition) is 5. The van der Waals surface area contributed by atoms with Crippen LogP contribution < -0.4 is 5.32 Å². The molecule has 0 atom stereocenters. The van der Waals surface area contributed by atoms with Gasteiger partial charge in [0.1, 0.15) is 12.7 Å². The molecule has 6 nitrogen and oxygen atoms in total. The number of anilines is 1. The zero-order chi connectivity index (χ0) is 15.6. The van der Waals surface area contributed by atoms with Crippen LogP contribution in [-0.2, 0) is 0 Å². The van der Waals surface area contributed by atoms with Crippen molar-refractivity contribution < 1.29 is 4.79 Å². The van der Waals surface area contributed by atoms with Gasteiger partial charge in [-0.25, -0.2) is 4.98 Å². The maximum absolute atomic E-state index is 12.6. The third-order valence-corrected chi connectivity index (χ3v) is 4.24. The first kappa shape index (κ1) is 13.6. The average Bonchev–Trinajstić information content (AvgIpc) is 3.26. The Labute approximate surface area is 135 Å². The molecule has 1 N–H and O–H groups in total. The van der Waals surface area contributed by atoms with E-state index in [1.807, 2.05) is 36.4 Å².